The summed E-state index contributed by atoms with van der Waals surface area (Å²) in [5, 5.41) is 15.5. The van der Waals surface area contributed by atoms with Crippen molar-refractivity contribution >= 4 is 56.5 Å². The van der Waals surface area contributed by atoms with Crippen molar-refractivity contribution in [1.29, 1.82) is 5.26 Å². The van der Waals surface area contributed by atoms with E-state index in [9.17, 15) is 19.6 Å². The van der Waals surface area contributed by atoms with Crippen LogP contribution in [0.25, 0.3) is 10.2 Å². The number of likely N-dealkylation sites (tertiary alicyclic amines) is 1. The van der Waals surface area contributed by atoms with Gasteiger partial charge in [-0.05, 0) is 49.8 Å². The highest BCUT2D eigenvalue weighted by Gasteiger charge is 2.36. The van der Waals surface area contributed by atoms with Crippen LogP contribution in [0.2, 0.25) is 0 Å². The molecular weight excluding hydrogens is 614 g/mol. The van der Waals surface area contributed by atoms with Crippen LogP contribution >= 0.6 is 11.3 Å². The number of ether oxygens (including phenoxy) is 1. The van der Waals surface area contributed by atoms with Crippen LogP contribution in [-0.4, -0.2) is 46.9 Å². The number of para-hydroxylation sites is 1. The van der Waals surface area contributed by atoms with Gasteiger partial charge in [-0.15, -0.1) is 11.3 Å². The molecule has 2 fully saturated rings. The maximum atomic E-state index is 15.5. The van der Waals surface area contributed by atoms with E-state index < -0.39 is 29.3 Å². The zero-order valence-corrected chi connectivity index (χ0v) is 25.1. The molecule has 10 nitrogen and oxygen atoms in total. The van der Waals surface area contributed by atoms with Gasteiger partial charge in [-0.25, -0.2) is 18.6 Å². The Hall–Kier alpha value is -5.35. The number of halogens is 2. The fourth-order valence-corrected chi connectivity index (χ4v) is 6.78. The minimum atomic E-state index is -1.02. The standard InChI is InChI=1S/C33H26F2N6O4S/c34-23-14-22(45-21-6-2-1-3-7-21)15-24(35)28(23)41-25-10-11-37-31-26(25)27(39-33(41)44)29(46-31)30(42)38-20-5-4-12-40(17-20)32(43)19(16-36)13-18-8-9-18/h1-3,6-7,10-11,13-15,18,20H,4-5,8-9,12,17H2,(H,38,42)(H,39,44)/b19-13+/t20-/m1/s1. The first-order chi connectivity index (χ1) is 22.3. The van der Waals surface area contributed by atoms with Gasteiger partial charge in [0.15, 0.2) is 11.6 Å². The van der Waals surface area contributed by atoms with Crippen molar-refractivity contribution in [1.82, 2.24) is 15.2 Å². The Kier molecular flexibility index (Phi) is 7.58. The van der Waals surface area contributed by atoms with Gasteiger partial charge in [-0.2, -0.15) is 5.26 Å². The number of piperidine rings is 1. The number of carbonyl (C=O) groups is 3. The van der Waals surface area contributed by atoms with Crippen LogP contribution in [0.15, 0.2) is 66.4 Å². The van der Waals surface area contributed by atoms with Gasteiger partial charge in [0.1, 0.15) is 38.5 Å². The van der Waals surface area contributed by atoms with Gasteiger partial charge < -0.3 is 20.3 Å². The van der Waals surface area contributed by atoms with Crippen LogP contribution in [0, 0.1) is 28.9 Å². The second kappa shape index (κ2) is 11.9. The molecule has 232 valence electrons. The van der Waals surface area contributed by atoms with Gasteiger partial charge in [-0.1, -0.05) is 24.3 Å². The minimum absolute atomic E-state index is 0.0804. The summed E-state index contributed by atoms with van der Waals surface area (Å²) in [5.74, 6) is -2.29. The molecule has 2 aromatic heterocycles. The van der Waals surface area contributed by atoms with Crippen LogP contribution in [0.3, 0.4) is 0 Å². The molecule has 2 aliphatic heterocycles. The predicted octanol–water partition coefficient (Wildman–Crippen LogP) is 6.63. The number of nitrogens with zero attached hydrogens (tertiary/aromatic N) is 4. The molecule has 2 aromatic carbocycles. The zero-order chi connectivity index (χ0) is 31.9. The van der Waals surface area contributed by atoms with E-state index in [0.717, 1.165) is 41.2 Å². The van der Waals surface area contributed by atoms with Gasteiger partial charge in [-0.3, -0.25) is 14.5 Å². The summed E-state index contributed by atoms with van der Waals surface area (Å²) in [6.07, 6.45) is 6.34. The van der Waals surface area contributed by atoms with Crippen molar-refractivity contribution in [3.63, 3.8) is 0 Å². The molecule has 0 bridgehead atoms. The molecule has 2 N–H and O–H groups in total. The number of urea groups is 1. The Morgan fingerprint density at radius 1 is 1.11 bits per heavy atom. The van der Waals surface area contributed by atoms with Crippen molar-refractivity contribution in [2.75, 3.05) is 23.3 Å². The molecule has 0 spiro atoms. The monoisotopic (exact) mass is 640 g/mol. The average Bonchev–Trinajstić information content (AvgIpc) is 3.80. The Morgan fingerprint density at radius 3 is 2.59 bits per heavy atom. The normalized spacial score (nSPS) is 17.8. The maximum absolute atomic E-state index is 15.5. The van der Waals surface area contributed by atoms with Crippen LogP contribution in [0.5, 0.6) is 11.5 Å². The quantitative estimate of drug-likeness (QED) is 0.172. The highest BCUT2D eigenvalue weighted by molar-refractivity contribution is 7.21. The number of amides is 4. The van der Waals surface area contributed by atoms with Crippen molar-refractivity contribution in [3.05, 3.63) is 82.9 Å². The Labute approximate surface area is 265 Å². The van der Waals surface area contributed by atoms with Crippen LogP contribution in [0.4, 0.5) is 30.6 Å². The summed E-state index contributed by atoms with van der Waals surface area (Å²) in [5.41, 5.74) is -0.128. The fourth-order valence-electron chi connectivity index (χ4n) is 5.76. The van der Waals surface area contributed by atoms with E-state index in [1.165, 1.54) is 12.3 Å². The molecule has 0 radical (unpaired) electrons. The molecular formula is C33H26F2N6O4S. The number of nitrogens with one attached hydrogen (secondary N) is 2. The number of nitriles is 1. The lowest BCUT2D eigenvalue weighted by Gasteiger charge is -2.33. The molecule has 4 heterocycles. The maximum Gasteiger partial charge on any atom is 0.331 e. The number of anilines is 3. The molecule has 13 heteroatoms. The Balaban J connectivity index is 1.14. The van der Waals surface area contributed by atoms with E-state index >= 15 is 8.78 Å². The lowest BCUT2D eigenvalue weighted by atomic mass is 10.0. The third kappa shape index (κ3) is 5.52. The molecule has 7 rings (SSSR count). The van der Waals surface area contributed by atoms with Crippen molar-refractivity contribution in [2.45, 2.75) is 31.7 Å². The number of carbonyl (C=O) groups excluding carboxylic acids is 3. The minimum Gasteiger partial charge on any atom is -0.457 e. The molecule has 3 aliphatic rings. The second-order valence-electron chi connectivity index (χ2n) is 11.3. The van der Waals surface area contributed by atoms with E-state index in [-0.39, 0.29) is 52.0 Å². The largest absolute Gasteiger partial charge is 0.457 e. The van der Waals surface area contributed by atoms with Gasteiger partial charge in [0.25, 0.3) is 11.8 Å². The van der Waals surface area contributed by atoms with Gasteiger partial charge in [0, 0.05) is 37.5 Å². The molecule has 1 saturated carbocycles. The molecule has 46 heavy (non-hydrogen) atoms. The molecule has 1 aliphatic carbocycles. The van der Waals surface area contributed by atoms with Gasteiger partial charge in [0.2, 0.25) is 0 Å². The number of allylic oxidation sites excluding steroid dienone is 1. The first-order valence-corrected chi connectivity index (χ1v) is 15.6. The first-order valence-electron chi connectivity index (χ1n) is 14.8. The SMILES string of the molecule is N#C/C(=C\C1CC1)C(=O)N1CCC[C@@H](NC(=O)c2sc3nccc4c3c2NC(=O)N4c2c(F)cc(Oc3ccccc3)cc2F)C1. The Bertz CT molecular complexity index is 1950. The van der Waals surface area contributed by atoms with Crippen molar-refractivity contribution < 1.29 is 27.9 Å². The number of benzene rings is 2. The van der Waals surface area contributed by atoms with E-state index in [1.807, 2.05) is 6.07 Å². The van der Waals surface area contributed by atoms with Crippen LogP contribution < -0.4 is 20.3 Å². The van der Waals surface area contributed by atoms with E-state index in [4.69, 9.17) is 4.74 Å². The zero-order valence-electron chi connectivity index (χ0n) is 24.3. The van der Waals surface area contributed by atoms with Crippen molar-refractivity contribution in [2.24, 2.45) is 5.92 Å². The number of hydrogen-bond donors (Lipinski definition) is 2. The highest BCUT2D eigenvalue weighted by Crippen LogP contribution is 2.47. The number of aromatic nitrogens is 1. The van der Waals surface area contributed by atoms with E-state index in [1.54, 1.807) is 41.3 Å². The summed E-state index contributed by atoms with van der Waals surface area (Å²) < 4.78 is 36.5. The topological polar surface area (TPSA) is 128 Å². The molecule has 1 atom stereocenters. The molecule has 1 saturated heterocycles. The summed E-state index contributed by atoms with van der Waals surface area (Å²) in [4.78, 5) is 47.4. The van der Waals surface area contributed by atoms with Gasteiger partial charge >= 0.3 is 6.03 Å². The predicted molar refractivity (Wildman–Crippen MR) is 167 cm³/mol. The lowest BCUT2D eigenvalue weighted by Crippen LogP contribution is -2.50. The van der Waals surface area contributed by atoms with E-state index in [2.05, 4.69) is 15.6 Å². The first kappa shape index (κ1) is 29.4. The molecule has 0 unspecified atom stereocenters. The third-order valence-corrected chi connectivity index (χ3v) is 9.16. The molecule has 4 amide bonds. The Morgan fingerprint density at radius 2 is 1.87 bits per heavy atom. The van der Waals surface area contributed by atoms with E-state index in [0.29, 0.717) is 35.4 Å². The smallest absolute Gasteiger partial charge is 0.331 e. The number of thiophene rings is 1. The number of rotatable bonds is 7. The lowest BCUT2D eigenvalue weighted by molar-refractivity contribution is -0.128. The highest BCUT2D eigenvalue weighted by atomic mass is 32.1. The number of hydrogen-bond acceptors (Lipinski definition) is 7. The third-order valence-electron chi connectivity index (χ3n) is 8.06. The summed E-state index contributed by atoms with van der Waals surface area (Å²) in [6.45, 7) is 0.718. The van der Waals surface area contributed by atoms with Crippen LogP contribution in [0.1, 0.15) is 35.4 Å². The fraction of sp³-hybridized carbons (Fsp3) is 0.242. The summed E-state index contributed by atoms with van der Waals surface area (Å²) in [7, 11) is 0. The van der Waals surface area contributed by atoms with Gasteiger partial charge in [0.05, 0.1) is 16.8 Å². The number of pyridine rings is 1. The average molecular weight is 641 g/mol. The van der Waals surface area contributed by atoms with Crippen molar-refractivity contribution in [3.8, 4) is 17.6 Å². The second-order valence-corrected chi connectivity index (χ2v) is 12.3. The summed E-state index contributed by atoms with van der Waals surface area (Å²) in [6, 6.07) is 12.7. The summed E-state index contributed by atoms with van der Waals surface area (Å²) >= 11 is 1.04. The molecule has 4 aromatic rings. The van der Waals surface area contributed by atoms with Crippen LogP contribution in [-0.2, 0) is 4.79 Å².